The van der Waals surface area contributed by atoms with Crippen molar-refractivity contribution in [3.05, 3.63) is 12.2 Å². The van der Waals surface area contributed by atoms with Crippen molar-refractivity contribution in [3.63, 3.8) is 0 Å². The summed E-state index contributed by atoms with van der Waals surface area (Å²) in [5, 5.41) is 0. The molecule has 4 nitrogen and oxygen atoms in total. The summed E-state index contributed by atoms with van der Waals surface area (Å²) in [6, 6.07) is 0. The number of esters is 2. The van der Waals surface area contributed by atoms with E-state index in [4.69, 9.17) is 9.47 Å². The predicted molar refractivity (Wildman–Crippen MR) is 84.2 cm³/mol. The number of rotatable bonds is 4. The van der Waals surface area contributed by atoms with Crippen LogP contribution in [0.4, 0.5) is 0 Å². The van der Waals surface area contributed by atoms with Crippen LogP contribution < -0.4 is 0 Å². The molecule has 4 heteroatoms. The molecule has 0 aromatic rings. The van der Waals surface area contributed by atoms with Crippen molar-refractivity contribution in [1.29, 1.82) is 0 Å². The van der Waals surface area contributed by atoms with Gasteiger partial charge in [-0.1, -0.05) is 13.0 Å². The molecule has 124 valence electrons. The third-order valence-electron chi connectivity index (χ3n) is 4.84. The van der Waals surface area contributed by atoms with Gasteiger partial charge in [0, 0.05) is 6.08 Å². The Labute approximate surface area is 133 Å². The molecule has 0 amide bonds. The Morgan fingerprint density at radius 3 is 2.00 bits per heavy atom. The standard InChI is InChI=1S/C18H28O4/c1-3-4-17(19)21-15-11-7-14(8-12-15)18(20)22-16-9-5-13(2)6-10-16/h3-4,13-16H,5-12H2,1-2H3/b4-3+/t13-,14-,15-,16-. The second-order valence-electron chi connectivity index (χ2n) is 6.73. The van der Waals surface area contributed by atoms with Crippen LogP contribution in [-0.4, -0.2) is 24.1 Å². The van der Waals surface area contributed by atoms with E-state index in [0.717, 1.165) is 57.3 Å². The third-order valence-corrected chi connectivity index (χ3v) is 4.84. The molecule has 0 aromatic heterocycles. The van der Waals surface area contributed by atoms with E-state index in [-0.39, 0.29) is 30.1 Å². The summed E-state index contributed by atoms with van der Waals surface area (Å²) in [6.45, 7) is 4.05. The number of hydrogen-bond acceptors (Lipinski definition) is 4. The fourth-order valence-corrected chi connectivity index (χ4v) is 3.36. The number of ether oxygens (including phenoxy) is 2. The van der Waals surface area contributed by atoms with Crippen LogP contribution in [0.1, 0.15) is 65.2 Å². The minimum atomic E-state index is -0.287. The Morgan fingerprint density at radius 1 is 0.864 bits per heavy atom. The molecular weight excluding hydrogens is 280 g/mol. The molecule has 0 spiro atoms. The van der Waals surface area contributed by atoms with Gasteiger partial charge in [0.25, 0.3) is 0 Å². The average Bonchev–Trinajstić information content (AvgIpc) is 2.50. The van der Waals surface area contributed by atoms with Crippen LogP contribution in [0.2, 0.25) is 0 Å². The van der Waals surface area contributed by atoms with Crippen molar-refractivity contribution >= 4 is 11.9 Å². The minimum absolute atomic E-state index is 0.0176. The Balaban J connectivity index is 1.69. The summed E-state index contributed by atoms with van der Waals surface area (Å²) in [7, 11) is 0. The zero-order valence-corrected chi connectivity index (χ0v) is 13.8. The van der Waals surface area contributed by atoms with Crippen LogP contribution in [0.3, 0.4) is 0 Å². The first kappa shape index (κ1) is 17.0. The van der Waals surface area contributed by atoms with Gasteiger partial charge in [0.05, 0.1) is 5.92 Å². The zero-order valence-electron chi connectivity index (χ0n) is 13.8. The molecule has 2 aliphatic carbocycles. The lowest BCUT2D eigenvalue weighted by atomic mass is 9.86. The minimum Gasteiger partial charge on any atom is -0.462 e. The molecule has 0 bridgehead atoms. The second-order valence-corrected chi connectivity index (χ2v) is 6.73. The van der Waals surface area contributed by atoms with Crippen molar-refractivity contribution in [2.75, 3.05) is 0 Å². The van der Waals surface area contributed by atoms with Gasteiger partial charge in [-0.05, 0) is 64.2 Å². The summed E-state index contributed by atoms with van der Waals surface area (Å²) in [5.41, 5.74) is 0. The fraction of sp³-hybridized carbons (Fsp3) is 0.778. The highest BCUT2D eigenvalue weighted by Gasteiger charge is 2.31. The first-order valence-electron chi connectivity index (χ1n) is 8.62. The number of carbonyl (C=O) groups is 2. The van der Waals surface area contributed by atoms with E-state index < -0.39 is 0 Å². The fourth-order valence-electron chi connectivity index (χ4n) is 3.36. The molecule has 0 aromatic carbocycles. The molecule has 0 saturated heterocycles. The summed E-state index contributed by atoms with van der Waals surface area (Å²) >= 11 is 0. The highest BCUT2D eigenvalue weighted by molar-refractivity contribution is 5.82. The largest absolute Gasteiger partial charge is 0.462 e. The summed E-state index contributed by atoms with van der Waals surface area (Å²) in [4.78, 5) is 23.7. The number of hydrogen-bond donors (Lipinski definition) is 0. The monoisotopic (exact) mass is 308 g/mol. The van der Waals surface area contributed by atoms with Gasteiger partial charge in [-0.2, -0.15) is 0 Å². The second kappa shape index (κ2) is 8.35. The predicted octanol–water partition coefficient (Wildman–Crippen LogP) is 3.79. The Hall–Kier alpha value is -1.32. The van der Waals surface area contributed by atoms with Gasteiger partial charge in [-0.15, -0.1) is 0 Å². The average molecular weight is 308 g/mol. The van der Waals surface area contributed by atoms with Crippen molar-refractivity contribution in [2.24, 2.45) is 11.8 Å². The highest BCUT2D eigenvalue weighted by atomic mass is 16.5. The lowest BCUT2D eigenvalue weighted by Gasteiger charge is -2.30. The SMILES string of the molecule is C/C=C/C(=O)O[C@H]1CC[C@H](C(=O)O[C@H]2CC[C@H](C)CC2)CC1. The van der Waals surface area contributed by atoms with Crippen LogP contribution in [0.5, 0.6) is 0 Å². The Morgan fingerprint density at radius 2 is 1.41 bits per heavy atom. The molecule has 2 saturated carbocycles. The van der Waals surface area contributed by atoms with Crippen LogP contribution >= 0.6 is 0 Å². The Kier molecular flexibility index (Phi) is 6.47. The van der Waals surface area contributed by atoms with E-state index in [0.29, 0.717) is 0 Å². The van der Waals surface area contributed by atoms with E-state index in [1.165, 1.54) is 6.08 Å². The van der Waals surface area contributed by atoms with Gasteiger partial charge in [0.2, 0.25) is 0 Å². The maximum Gasteiger partial charge on any atom is 0.330 e. The van der Waals surface area contributed by atoms with Gasteiger partial charge >= 0.3 is 11.9 Å². The zero-order chi connectivity index (χ0) is 15.9. The van der Waals surface area contributed by atoms with Gasteiger partial charge < -0.3 is 9.47 Å². The molecule has 2 aliphatic rings. The maximum absolute atomic E-state index is 12.2. The molecular formula is C18H28O4. The van der Waals surface area contributed by atoms with E-state index >= 15 is 0 Å². The van der Waals surface area contributed by atoms with E-state index in [9.17, 15) is 9.59 Å². The summed E-state index contributed by atoms with van der Waals surface area (Å²) in [6.07, 6.45) is 10.5. The normalized spacial score (nSPS) is 32.6. The number of allylic oxidation sites excluding steroid dienone is 1. The third kappa shape index (κ3) is 5.15. The number of carbonyl (C=O) groups excluding carboxylic acids is 2. The van der Waals surface area contributed by atoms with Crippen LogP contribution in [-0.2, 0) is 19.1 Å². The lowest BCUT2D eigenvalue weighted by Crippen LogP contribution is -2.32. The van der Waals surface area contributed by atoms with Gasteiger partial charge in [0.1, 0.15) is 12.2 Å². The topological polar surface area (TPSA) is 52.6 Å². The van der Waals surface area contributed by atoms with E-state index in [2.05, 4.69) is 6.92 Å². The molecule has 0 atom stereocenters. The van der Waals surface area contributed by atoms with Crippen molar-refractivity contribution in [3.8, 4) is 0 Å². The van der Waals surface area contributed by atoms with Gasteiger partial charge in [0.15, 0.2) is 0 Å². The molecule has 0 heterocycles. The maximum atomic E-state index is 12.2. The smallest absolute Gasteiger partial charge is 0.330 e. The summed E-state index contributed by atoms with van der Waals surface area (Å²) in [5.74, 6) is 0.413. The lowest BCUT2D eigenvalue weighted by molar-refractivity contribution is -0.158. The summed E-state index contributed by atoms with van der Waals surface area (Å²) < 4.78 is 11.0. The van der Waals surface area contributed by atoms with Crippen LogP contribution in [0, 0.1) is 11.8 Å². The van der Waals surface area contributed by atoms with Gasteiger partial charge in [-0.25, -0.2) is 4.79 Å². The molecule has 2 fully saturated rings. The van der Waals surface area contributed by atoms with Gasteiger partial charge in [-0.3, -0.25) is 4.79 Å². The molecule has 0 unspecified atom stereocenters. The van der Waals surface area contributed by atoms with Crippen molar-refractivity contribution in [1.82, 2.24) is 0 Å². The molecule has 0 N–H and O–H groups in total. The van der Waals surface area contributed by atoms with E-state index in [1.54, 1.807) is 13.0 Å². The molecule has 22 heavy (non-hydrogen) atoms. The quantitative estimate of drug-likeness (QED) is 0.586. The molecule has 0 radical (unpaired) electrons. The molecule has 0 aliphatic heterocycles. The Bertz CT molecular complexity index is 399. The van der Waals surface area contributed by atoms with Crippen LogP contribution in [0.15, 0.2) is 12.2 Å². The highest BCUT2D eigenvalue weighted by Crippen LogP contribution is 2.30. The van der Waals surface area contributed by atoms with Crippen molar-refractivity contribution < 1.29 is 19.1 Å². The van der Waals surface area contributed by atoms with Crippen molar-refractivity contribution in [2.45, 2.75) is 77.4 Å². The molecule has 2 rings (SSSR count). The van der Waals surface area contributed by atoms with E-state index in [1.807, 2.05) is 0 Å². The van der Waals surface area contributed by atoms with Crippen LogP contribution in [0.25, 0.3) is 0 Å². The first-order chi connectivity index (χ1) is 10.6. The first-order valence-corrected chi connectivity index (χ1v) is 8.62.